The van der Waals surface area contributed by atoms with Crippen LogP contribution >= 0.6 is 22.9 Å². The highest BCUT2D eigenvalue weighted by atomic mass is 35.5. The van der Waals surface area contributed by atoms with Gasteiger partial charge in [-0.1, -0.05) is 25.4 Å². The summed E-state index contributed by atoms with van der Waals surface area (Å²) in [5, 5.41) is 3.44. The standard InChI is InChI=1S/C13H17ClN2S/c1-10(2)15-8-11-4-3-7-16(11)9-12-5-6-13(14)17-12/h3-7,10,15H,8-9H2,1-2H3. The molecule has 0 aromatic carbocycles. The molecule has 2 aromatic heterocycles. The van der Waals surface area contributed by atoms with Crippen LogP contribution in [-0.4, -0.2) is 10.6 Å². The molecule has 2 rings (SSSR count). The fourth-order valence-corrected chi connectivity index (χ4v) is 2.76. The Balaban J connectivity index is 2.03. The van der Waals surface area contributed by atoms with E-state index in [2.05, 4.69) is 48.1 Å². The van der Waals surface area contributed by atoms with Gasteiger partial charge in [0.05, 0.1) is 10.9 Å². The number of nitrogens with one attached hydrogen (secondary N) is 1. The highest BCUT2D eigenvalue weighted by Gasteiger charge is 2.04. The molecule has 0 aliphatic rings. The molecule has 17 heavy (non-hydrogen) atoms. The number of nitrogens with zero attached hydrogens (tertiary/aromatic N) is 1. The maximum Gasteiger partial charge on any atom is 0.0931 e. The Morgan fingerprint density at radius 2 is 2.18 bits per heavy atom. The number of hydrogen-bond acceptors (Lipinski definition) is 2. The van der Waals surface area contributed by atoms with Crippen LogP contribution < -0.4 is 5.32 Å². The molecule has 2 nitrogen and oxygen atoms in total. The Kier molecular flexibility index (Phi) is 4.26. The van der Waals surface area contributed by atoms with Crippen molar-refractivity contribution in [3.05, 3.63) is 45.4 Å². The van der Waals surface area contributed by atoms with E-state index in [0.717, 1.165) is 17.4 Å². The van der Waals surface area contributed by atoms with E-state index in [4.69, 9.17) is 11.6 Å². The Morgan fingerprint density at radius 3 is 2.82 bits per heavy atom. The Labute approximate surface area is 111 Å². The molecule has 92 valence electrons. The number of halogens is 1. The second-order valence-corrected chi connectivity index (χ2v) is 6.17. The lowest BCUT2D eigenvalue weighted by atomic mass is 10.3. The van der Waals surface area contributed by atoms with Crippen LogP contribution in [-0.2, 0) is 13.1 Å². The third-order valence-electron chi connectivity index (χ3n) is 2.57. The van der Waals surface area contributed by atoms with Crippen molar-refractivity contribution in [3.8, 4) is 0 Å². The van der Waals surface area contributed by atoms with Crippen LogP contribution in [0.15, 0.2) is 30.5 Å². The molecule has 0 spiro atoms. The van der Waals surface area contributed by atoms with Gasteiger partial charge in [0.1, 0.15) is 0 Å². The van der Waals surface area contributed by atoms with Gasteiger partial charge in [0.25, 0.3) is 0 Å². The first-order chi connectivity index (χ1) is 8.15. The lowest BCUT2D eigenvalue weighted by Crippen LogP contribution is -2.23. The minimum atomic E-state index is 0.509. The lowest BCUT2D eigenvalue weighted by Gasteiger charge is -2.11. The second-order valence-electron chi connectivity index (χ2n) is 4.37. The summed E-state index contributed by atoms with van der Waals surface area (Å²) in [6.07, 6.45) is 2.12. The maximum atomic E-state index is 5.94. The van der Waals surface area contributed by atoms with Crippen molar-refractivity contribution in [1.29, 1.82) is 0 Å². The van der Waals surface area contributed by atoms with Crippen molar-refractivity contribution in [2.75, 3.05) is 0 Å². The van der Waals surface area contributed by atoms with E-state index in [1.807, 2.05) is 6.07 Å². The van der Waals surface area contributed by atoms with Gasteiger partial charge in [-0.2, -0.15) is 0 Å². The van der Waals surface area contributed by atoms with Gasteiger partial charge in [0.15, 0.2) is 0 Å². The van der Waals surface area contributed by atoms with Crippen LogP contribution in [0.1, 0.15) is 24.4 Å². The summed E-state index contributed by atoms with van der Waals surface area (Å²) in [6, 6.07) is 8.80. The molecule has 0 saturated carbocycles. The average Bonchev–Trinajstić information content (AvgIpc) is 2.86. The molecule has 0 amide bonds. The predicted octanol–water partition coefficient (Wildman–Crippen LogP) is 3.75. The SMILES string of the molecule is CC(C)NCc1cccn1Cc1ccc(Cl)s1. The summed E-state index contributed by atoms with van der Waals surface area (Å²) in [6.45, 7) is 6.13. The zero-order valence-corrected chi connectivity index (χ0v) is 11.7. The fourth-order valence-electron chi connectivity index (χ4n) is 1.68. The molecule has 0 aliphatic carbocycles. The number of hydrogen-bond donors (Lipinski definition) is 1. The molecule has 0 unspecified atom stereocenters. The molecule has 0 aliphatic heterocycles. The smallest absolute Gasteiger partial charge is 0.0931 e. The minimum Gasteiger partial charge on any atom is -0.345 e. The first-order valence-corrected chi connectivity index (χ1v) is 6.96. The molecule has 0 saturated heterocycles. The normalized spacial score (nSPS) is 11.3. The molecule has 2 heterocycles. The second kappa shape index (κ2) is 5.71. The van der Waals surface area contributed by atoms with Gasteiger partial charge < -0.3 is 9.88 Å². The van der Waals surface area contributed by atoms with Gasteiger partial charge in [-0.3, -0.25) is 0 Å². The van der Waals surface area contributed by atoms with Crippen molar-refractivity contribution in [2.45, 2.75) is 33.0 Å². The van der Waals surface area contributed by atoms with E-state index < -0.39 is 0 Å². The highest BCUT2D eigenvalue weighted by molar-refractivity contribution is 7.16. The Morgan fingerprint density at radius 1 is 1.35 bits per heavy atom. The van der Waals surface area contributed by atoms with E-state index in [0.29, 0.717) is 6.04 Å². The summed E-state index contributed by atoms with van der Waals surface area (Å²) in [7, 11) is 0. The van der Waals surface area contributed by atoms with Crippen molar-refractivity contribution >= 4 is 22.9 Å². The Bertz CT molecular complexity index is 473. The van der Waals surface area contributed by atoms with E-state index in [-0.39, 0.29) is 0 Å². The van der Waals surface area contributed by atoms with Crippen molar-refractivity contribution in [1.82, 2.24) is 9.88 Å². The zero-order valence-electron chi connectivity index (χ0n) is 10.1. The third-order valence-corrected chi connectivity index (χ3v) is 3.79. The molecular formula is C13H17ClN2S. The highest BCUT2D eigenvalue weighted by Crippen LogP contribution is 2.22. The molecule has 0 atom stereocenters. The molecule has 0 radical (unpaired) electrons. The van der Waals surface area contributed by atoms with Gasteiger partial charge in [-0.25, -0.2) is 0 Å². The van der Waals surface area contributed by atoms with Gasteiger partial charge in [0.2, 0.25) is 0 Å². The van der Waals surface area contributed by atoms with Crippen LogP contribution in [0.25, 0.3) is 0 Å². The predicted molar refractivity (Wildman–Crippen MR) is 74.8 cm³/mol. The largest absolute Gasteiger partial charge is 0.345 e. The lowest BCUT2D eigenvalue weighted by molar-refractivity contribution is 0.565. The topological polar surface area (TPSA) is 17.0 Å². The monoisotopic (exact) mass is 268 g/mol. The van der Waals surface area contributed by atoms with Crippen LogP contribution in [0.2, 0.25) is 4.34 Å². The van der Waals surface area contributed by atoms with Crippen LogP contribution in [0.4, 0.5) is 0 Å². The first-order valence-electron chi connectivity index (χ1n) is 5.77. The van der Waals surface area contributed by atoms with Gasteiger partial charge >= 0.3 is 0 Å². The van der Waals surface area contributed by atoms with Crippen molar-refractivity contribution < 1.29 is 0 Å². The Hall–Kier alpha value is -0.770. The average molecular weight is 269 g/mol. The summed E-state index contributed by atoms with van der Waals surface area (Å²) >= 11 is 7.58. The zero-order chi connectivity index (χ0) is 12.3. The van der Waals surface area contributed by atoms with E-state index >= 15 is 0 Å². The van der Waals surface area contributed by atoms with Gasteiger partial charge in [-0.05, 0) is 24.3 Å². The quantitative estimate of drug-likeness (QED) is 0.874. The van der Waals surface area contributed by atoms with Crippen LogP contribution in [0, 0.1) is 0 Å². The number of aromatic nitrogens is 1. The molecule has 2 aromatic rings. The minimum absolute atomic E-state index is 0.509. The third kappa shape index (κ3) is 3.60. The van der Waals surface area contributed by atoms with Crippen molar-refractivity contribution in [2.24, 2.45) is 0 Å². The van der Waals surface area contributed by atoms with E-state index in [1.165, 1.54) is 10.6 Å². The van der Waals surface area contributed by atoms with E-state index in [9.17, 15) is 0 Å². The molecular weight excluding hydrogens is 252 g/mol. The van der Waals surface area contributed by atoms with Crippen molar-refractivity contribution in [3.63, 3.8) is 0 Å². The summed E-state index contributed by atoms with van der Waals surface area (Å²) < 4.78 is 3.12. The summed E-state index contributed by atoms with van der Waals surface area (Å²) in [5.41, 5.74) is 1.31. The maximum absolute atomic E-state index is 5.94. The summed E-state index contributed by atoms with van der Waals surface area (Å²) in [4.78, 5) is 1.29. The first kappa shape index (κ1) is 12.7. The molecule has 0 fully saturated rings. The van der Waals surface area contributed by atoms with E-state index in [1.54, 1.807) is 11.3 Å². The summed E-state index contributed by atoms with van der Waals surface area (Å²) in [5.74, 6) is 0. The molecule has 1 N–H and O–H groups in total. The number of rotatable bonds is 5. The number of thiophene rings is 1. The van der Waals surface area contributed by atoms with Gasteiger partial charge in [-0.15, -0.1) is 11.3 Å². The fraction of sp³-hybridized carbons (Fsp3) is 0.385. The molecule has 4 heteroatoms. The van der Waals surface area contributed by atoms with Crippen LogP contribution in [0.3, 0.4) is 0 Å². The van der Waals surface area contributed by atoms with Crippen LogP contribution in [0.5, 0.6) is 0 Å². The van der Waals surface area contributed by atoms with Gasteiger partial charge in [0, 0.05) is 29.4 Å². The molecule has 0 bridgehead atoms.